The molecule has 27 heavy (non-hydrogen) atoms. The molecule has 0 atom stereocenters. The van der Waals surface area contributed by atoms with E-state index >= 15 is 0 Å². The second-order valence-electron chi connectivity index (χ2n) is 6.04. The van der Waals surface area contributed by atoms with Crippen LogP contribution in [0.3, 0.4) is 0 Å². The molecular formula is C22H22ClNO3. The summed E-state index contributed by atoms with van der Waals surface area (Å²) >= 11 is 0. The average molecular weight is 384 g/mol. The van der Waals surface area contributed by atoms with Gasteiger partial charge < -0.3 is 15.2 Å². The van der Waals surface area contributed by atoms with E-state index in [0.717, 1.165) is 23.4 Å². The zero-order valence-corrected chi connectivity index (χ0v) is 15.9. The highest BCUT2D eigenvalue weighted by atomic mass is 35.5. The molecule has 3 aromatic rings. The number of carbonyl (C=O) groups is 1. The highest BCUT2D eigenvalue weighted by Crippen LogP contribution is 2.19. The Labute approximate surface area is 165 Å². The fourth-order valence-electron chi connectivity index (χ4n) is 2.64. The summed E-state index contributed by atoms with van der Waals surface area (Å²) in [6.07, 6.45) is 0.825. The van der Waals surface area contributed by atoms with Gasteiger partial charge >= 0.3 is 5.97 Å². The molecular weight excluding hydrogens is 362 g/mol. The lowest BCUT2D eigenvalue weighted by atomic mass is 10.0. The number of hydrogen-bond donors (Lipinski definition) is 1. The van der Waals surface area contributed by atoms with Gasteiger partial charge in [-0.1, -0.05) is 36.4 Å². The number of rotatable bonds is 6. The predicted octanol–water partition coefficient (Wildman–Crippen LogP) is 4.65. The van der Waals surface area contributed by atoms with Crippen LogP contribution in [0.2, 0.25) is 0 Å². The molecule has 0 aromatic heterocycles. The van der Waals surface area contributed by atoms with Crippen molar-refractivity contribution in [1.82, 2.24) is 0 Å². The van der Waals surface area contributed by atoms with E-state index in [1.54, 1.807) is 12.1 Å². The van der Waals surface area contributed by atoms with Gasteiger partial charge in [0.2, 0.25) is 0 Å². The first kappa shape index (κ1) is 20.3. The number of hydrogen-bond acceptors (Lipinski definition) is 4. The van der Waals surface area contributed by atoms with Crippen molar-refractivity contribution < 1.29 is 14.3 Å². The molecule has 4 nitrogen and oxygen atoms in total. The number of nitrogen functional groups attached to an aromatic ring is 1. The lowest BCUT2D eigenvalue weighted by molar-refractivity contribution is 0.0600. The van der Waals surface area contributed by atoms with Gasteiger partial charge in [-0.05, 0) is 59.5 Å². The van der Waals surface area contributed by atoms with Crippen LogP contribution in [0.5, 0.6) is 5.75 Å². The molecule has 0 spiro atoms. The molecule has 2 N–H and O–H groups in total. The van der Waals surface area contributed by atoms with Gasteiger partial charge in [-0.2, -0.15) is 0 Å². The molecule has 3 rings (SSSR count). The Morgan fingerprint density at radius 1 is 0.889 bits per heavy atom. The van der Waals surface area contributed by atoms with Crippen LogP contribution in [0.25, 0.3) is 0 Å². The molecule has 5 heteroatoms. The third-order valence-corrected chi connectivity index (χ3v) is 4.07. The topological polar surface area (TPSA) is 61.5 Å². The summed E-state index contributed by atoms with van der Waals surface area (Å²) < 4.78 is 10.6. The quantitative estimate of drug-likeness (QED) is 0.497. The van der Waals surface area contributed by atoms with Gasteiger partial charge in [0.15, 0.2) is 0 Å². The van der Waals surface area contributed by atoms with Crippen LogP contribution in [-0.4, -0.2) is 13.1 Å². The molecule has 0 heterocycles. The van der Waals surface area contributed by atoms with Gasteiger partial charge in [0.05, 0.1) is 12.7 Å². The normalized spacial score (nSPS) is 9.96. The summed E-state index contributed by atoms with van der Waals surface area (Å²) in [4.78, 5) is 11.4. The molecule has 0 fully saturated rings. The van der Waals surface area contributed by atoms with Crippen LogP contribution in [0, 0.1) is 0 Å². The van der Waals surface area contributed by atoms with Crippen molar-refractivity contribution in [2.24, 2.45) is 0 Å². The van der Waals surface area contributed by atoms with Crippen LogP contribution in [0.1, 0.15) is 27.0 Å². The minimum absolute atomic E-state index is 0. The van der Waals surface area contributed by atoms with E-state index in [1.807, 2.05) is 54.6 Å². The van der Waals surface area contributed by atoms with Crippen molar-refractivity contribution >= 4 is 24.1 Å². The second-order valence-corrected chi connectivity index (χ2v) is 6.04. The van der Waals surface area contributed by atoms with Crippen molar-refractivity contribution in [3.8, 4) is 5.75 Å². The van der Waals surface area contributed by atoms with Crippen LogP contribution in [0.4, 0.5) is 5.69 Å². The Morgan fingerprint density at radius 2 is 1.56 bits per heavy atom. The molecule has 3 aromatic carbocycles. The summed E-state index contributed by atoms with van der Waals surface area (Å²) in [6, 6.07) is 23.1. The first-order valence-corrected chi connectivity index (χ1v) is 8.37. The number of ether oxygens (including phenoxy) is 2. The van der Waals surface area contributed by atoms with Crippen LogP contribution < -0.4 is 10.5 Å². The highest BCUT2D eigenvalue weighted by Gasteiger charge is 2.05. The fraction of sp³-hybridized carbons (Fsp3) is 0.136. The second kappa shape index (κ2) is 9.64. The summed E-state index contributed by atoms with van der Waals surface area (Å²) in [7, 11) is 1.37. The highest BCUT2D eigenvalue weighted by molar-refractivity contribution is 5.89. The minimum atomic E-state index is -0.340. The SMILES string of the molecule is COC(=O)c1ccc(COc2cccc(Cc3ccc(N)cc3)c2)cc1.Cl. The first-order valence-electron chi connectivity index (χ1n) is 8.37. The number of halogens is 1. The van der Waals surface area contributed by atoms with Gasteiger partial charge in [0, 0.05) is 5.69 Å². The Kier molecular flexibility index (Phi) is 7.26. The van der Waals surface area contributed by atoms with Crippen molar-refractivity contribution in [1.29, 1.82) is 0 Å². The van der Waals surface area contributed by atoms with Gasteiger partial charge in [-0.15, -0.1) is 12.4 Å². The summed E-state index contributed by atoms with van der Waals surface area (Å²) in [5.74, 6) is 0.475. The zero-order valence-electron chi connectivity index (χ0n) is 15.1. The molecule has 0 saturated heterocycles. The summed E-state index contributed by atoms with van der Waals surface area (Å²) in [5.41, 5.74) is 10.4. The maximum atomic E-state index is 11.4. The van der Waals surface area contributed by atoms with E-state index in [1.165, 1.54) is 18.2 Å². The van der Waals surface area contributed by atoms with Crippen molar-refractivity contribution in [3.63, 3.8) is 0 Å². The summed E-state index contributed by atoms with van der Waals surface area (Å²) in [5, 5.41) is 0. The van der Waals surface area contributed by atoms with Crippen molar-refractivity contribution in [2.75, 3.05) is 12.8 Å². The van der Waals surface area contributed by atoms with E-state index in [2.05, 4.69) is 6.07 Å². The third kappa shape index (κ3) is 5.76. The molecule has 0 amide bonds. The summed E-state index contributed by atoms with van der Waals surface area (Å²) in [6.45, 7) is 0.437. The van der Waals surface area contributed by atoms with Gasteiger partial charge in [-0.3, -0.25) is 0 Å². The lowest BCUT2D eigenvalue weighted by Gasteiger charge is -2.09. The number of methoxy groups -OCH3 is 1. The Hall–Kier alpha value is -2.98. The smallest absolute Gasteiger partial charge is 0.337 e. The number of nitrogens with two attached hydrogens (primary N) is 1. The molecule has 0 bridgehead atoms. The molecule has 140 valence electrons. The van der Waals surface area contributed by atoms with E-state index in [9.17, 15) is 4.79 Å². The minimum Gasteiger partial charge on any atom is -0.489 e. The number of carbonyl (C=O) groups excluding carboxylic acids is 1. The van der Waals surface area contributed by atoms with Crippen LogP contribution in [-0.2, 0) is 17.8 Å². The number of anilines is 1. The number of esters is 1. The Bertz CT molecular complexity index is 877. The molecule has 0 saturated carbocycles. The van der Waals surface area contributed by atoms with Crippen molar-refractivity contribution in [3.05, 3.63) is 95.1 Å². The number of benzene rings is 3. The van der Waals surface area contributed by atoms with Crippen molar-refractivity contribution in [2.45, 2.75) is 13.0 Å². The molecule has 0 aliphatic rings. The molecule has 0 unspecified atom stereocenters. The van der Waals surface area contributed by atoms with Gasteiger partial charge in [-0.25, -0.2) is 4.79 Å². The third-order valence-electron chi connectivity index (χ3n) is 4.07. The van der Waals surface area contributed by atoms with E-state index < -0.39 is 0 Å². The molecule has 0 aliphatic carbocycles. The van der Waals surface area contributed by atoms with Crippen LogP contribution in [0.15, 0.2) is 72.8 Å². The standard InChI is InChI=1S/C22H21NO3.ClH/c1-25-22(24)19-9-5-17(6-10-19)15-26-21-4-2-3-18(14-21)13-16-7-11-20(23)12-8-16;/h2-12,14H,13,15,23H2,1H3;1H. The first-order chi connectivity index (χ1) is 12.6. The Balaban J connectivity index is 0.00000261. The van der Waals surface area contributed by atoms with Gasteiger partial charge in [0.25, 0.3) is 0 Å². The predicted molar refractivity (Wildman–Crippen MR) is 109 cm³/mol. The average Bonchev–Trinajstić information content (AvgIpc) is 2.68. The Morgan fingerprint density at radius 3 is 2.22 bits per heavy atom. The van der Waals surface area contributed by atoms with Crippen LogP contribution >= 0.6 is 12.4 Å². The maximum Gasteiger partial charge on any atom is 0.337 e. The fourth-order valence-corrected chi connectivity index (χ4v) is 2.64. The molecule has 0 radical (unpaired) electrons. The monoisotopic (exact) mass is 383 g/mol. The lowest BCUT2D eigenvalue weighted by Crippen LogP contribution is -2.02. The van der Waals surface area contributed by atoms with E-state index in [-0.39, 0.29) is 18.4 Å². The van der Waals surface area contributed by atoms with E-state index in [0.29, 0.717) is 12.2 Å². The largest absolute Gasteiger partial charge is 0.489 e. The molecule has 0 aliphatic heterocycles. The van der Waals surface area contributed by atoms with Gasteiger partial charge in [0.1, 0.15) is 12.4 Å². The maximum absolute atomic E-state index is 11.4. The van der Waals surface area contributed by atoms with E-state index in [4.69, 9.17) is 15.2 Å². The zero-order chi connectivity index (χ0) is 18.4.